The smallest absolute Gasteiger partial charge is 0.266 e. The minimum Gasteiger partial charge on any atom is -0.320 e. The van der Waals surface area contributed by atoms with Crippen molar-refractivity contribution in [2.24, 2.45) is 0 Å². The molecule has 2 aromatic carbocycles. The lowest BCUT2D eigenvalue weighted by Crippen LogP contribution is -2.18. The van der Waals surface area contributed by atoms with Gasteiger partial charge in [-0.3, -0.25) is 4.79 Å². The van der Waals surface area contributed by atoms with Crippen molar-refractivity contribution in [1.82, 2.24) is 9.88 Å². The van der Waals surface area contributed by atoms with E-state index >= 15 is 0 Å². The second-order valence-electron chi connectivity index (χ2n) is 8.04. The first-order valence-electron chi connectivity index (χ1n) is 9.65. The molecular weight excluding hydrogens is 364 g/mol. The molecule has 144 valence electrons. The molecule has 28 heavy (non-hydrogen) atoms. The SMILES string of the molecule is Cc1cc(C)c2[nH]c(=O)c3sccc3c2c1-c1ccc(C(C)CN(C)C)cc1. The predicted octanol–water partition coefficient (Wildman–Crippen LogP) is 5.69. The minimum atomic E-state index is 0.00302. The molecule has 0 saturated carbocycles. The average Bonchev–Trinajstić information content (AvgIpc) is 3.13. The van der Waals surface area contributed by atoms with Gasteiger partial charge in [0.2, 0.25) is 0 Å². The van der Waals surface area contributed by atoms with Gasteiger partial charge in [-0.1, -0.05) is 37.3 Å². The number of H-pyrrole nitrogens is 1. The van der Waals surface area contributed by atoms with E-state index in [1.165, 1.54) is 33.6 Å². The van der Waals surface area contributed by atoms with Crippen LogP contribution in [0.3, 0.4) is 0 Å². The van der Waals surface area contributed by atoms with Gasteiger partial charge in [-0.05, 0) is 73.1 Å². The number of benzene rings is 2. The highest BCUT2D eigenvalue weighted by Crippen LogP contribution is 2.38. The monoisotopic (exact) mass is 390 g/mol. The fourth-order valence-electron chi connectivity index (χ4n) is 4.27. The van der Waals surface area contributed by atoms with Crippen LogP contribution in [0.2, 0.25) is 0 Å². The van der Waals surface area contributed by atoms with Crippen molar-refractivity contribution >= 4 is 32.3 Å². The van der Waals surface area contributed by atoms with Gasteiger partial charge in [-0.25, -0.2) is 0 Å². The molecule has 2 aromatic heterocycles. The molecule has 0 bridgehead atoms. The quantitative estimate of drug-likeness (QED) is 0.486. The Balaban J connectivity index is 1.94. The van der Waals surface area contributed by atoms with Gasteiger partial charge in [0, 0.05) is 17.3 Å². The Morgan fingerprint density at radius 2 is 1.79 bits per heavy atom. The van der Waals surface area contributed by atoms with Gasteiger partial charge in [0.1, 0.15) is 4.70 Å². The van der Waals surface area contributed by atoms with Crippen LogP contribution in [-0.4, -0.2) is 30.5 Å². The van der Waals surface area contributed by atoms with Crippen LogP contribution in [0.25, 0.3) is 32.1 Å². The number of pyridine rings is 1. The van der Waals surface area contributed by atoms with Crippen molar-refractivity contribution in [1.29, 1.82) is 0 Å². The zero-order valence-electron chi connectivity index (χ0n) is 17.1. The number of nitrogens with zero attached hydrogens (tertiary/aromatic N) is 1. The summed E-state index contributed by atoms with van der Waals surface area (Å²) in [5, 5.41) is 4.21. The van der Waals surface area contributed by atoms with Crippen molar-refractivity contribution in [2.75, 3.05) is 20.6 Å². The highest BCUT2D eigenvalue weighted by Gasteiger charge is 2.16. The summed E-state index contributed by atoms with van der Waals surface area (Å²) in [5.41, 5.74) is 7.05. The molecule has 2 heterocycles. The number of thiophene rings is 1. The van der Waals surface area contributed by atoms with Crippen molar-refractivity contribution in [2.45, 2.75) is 26.7 Å². The van der Waals surface area contributed by atoms with Crippen LogP contribution in [0.5, 0.6) is 0 Å². The van der Waals surface area contributed by atoms with E-state index in [1.54, 1.807) is 0 Å². The van der Waals surface area contributed by atoms with E-state index in [1.807, 2.05) is 5.38 Å². The van der Waals surface area contributed by atoms with E-state index < -0.39 is 0 Å². The highest BCUT2D eigenvalue weighted by atomic mass is 32.1. The zero-order valence-corrected chi connectivity index (χ0v) is 17.9. The molecule has 0 aliphatic carbocycles. The summed E-state index contributed by atoms with van der Waals surface area (Å²) in [7, 11) is 4.22. The number of aromatic nitrogens is 1. The van der Waals surface area contributed by atoms with Crippen molar-refractivity contribution < 1.29 is 0 Å². The Morgan fingerprint density at radius 1 is 1.07 bits per heavy atom. The normalized spacial score (nSPS) is 12.9. The Bertz CT molecular complexity index is 1220. The second-order valence-corrected chi connectivity index (χ2v) is 8.95. The van der Waals surface area contributed by atoms with E-state index in [9.17, 15) is 4.79 Å². The lowest BCUT2D eigenvalue weighted by atomic mass is 9.90. The topological polar surface area (TPSA) is 36.1 Å². The number of aryl methyl sites for hydroxylation is 2. The fourth-order valence-corrected chi connectivity index (χ4v) is 5.07. The summed E-state index contributed by atoms with van der Waals surface area (Å²) < 4.78 is 0.801. The number of rotatable bonds is 4. The van der Waals surface area contributed by atoms with Gasteiger partial charge < -0.3 is 9.88 Å². The van der Waals surface area contributed by atoms with Gasteiger partial charge >= 0.3 is 0 Å². The molecule has 0 spiro atoms. The lowest BCUT2D eigenvalue weighted by molar-refractivity contribution is 0.383. The van der Waals surface area contributed by atoms with Crippen LogP contribution < -0.4 is 5.56 Å². The minimum absolute atomic E-state index is 0.00302. The number of aromatic amines is 1. The van der Waals surface area contributed by atoms with E-state index in [2.05, 4.69) is 81.1 Å². The van der Waals surface area contributed by atoms with Crippen LogP contribution in [0, 0.1) is 13.8 Å². The lowest BCUT2D eigenvalue weighted by Gasteiger charge is -2.18. The van der Waals surface area contributed by atoms with Crippen LogP contribution in [0.4, 0.5) is 0 Å². The summed E-state index contributed by atoms with van der Waals surface area (Å²) in [6, 6.07) is 13.2. The number of hydrogen-bond donors (Lipinski definition) is 1. The molecular formula is C24H26N2OS. The van der Waals surface area contributed by atoms with E-state index in [0.29, 0.717) is 5.92 Å². The Hall–Kier alpha value is -2.43. The molecule has 4 heteroatoms. The van der Waals surface area contributed by atoms with Gasteiger partial charge in [0.25, 0.3) is 5.56 Å². The van der Waals surface area contributed by atoms with E-state index in [4.69, 9.17) is 0 Å². The third-order valence-electron chi connectivity index (χ3n) is 5.51. The highest BCUT2D eigenvalue weighted by molar-refractivity contribution is 7.17. The summed E-state index contributed by atoms with van der Waals surface area (Å²) in [4.78, 5) is 17.8. The molecule has 3 nitrogen and oxygen atoms in total. The molecule has 0 saturated heterocycles. The molecule has 1 unspecified atom stereocenters. The summed E-state index contributed by atoms with van der Waals surface area (Å²) >= 11 is 1.51. The van der Waals surface area contributed by atoms with Crippen LogP contribution >= 0.6 is 11.3 Å². The summed E-state index contributed by atoms with van der Waals surface area (Å²) in [6.45, 7) is 7.52. The predicted molar refractivity (Wildman–Crippen MR) is 122 cm³/mol. The standard InChI is InChI=1S/C24H26N2OS/c1-14-12-15(2)22-21(19-10-11-28-23(19)24(27)25-22)20(14)18-8-6-17(7-9-18)16(3)13-26(4)5/h6-12,16H,13H2,1-5H3,(H,25,27). The first-order valence-corrected chi connectivity index (χ1v) is 10.5. The Kier molecular flexibility index (Phi) is 4.86. The van der Waals surface area contributed by atoms with Gasteiger partial charge in [0.05, 0.1) is 5.52 Å². The molecule has 0 amide bonds. The van der Waals surface area contributed by atoms with Gasteiger partial charge in [0.15, 0.2) is 0 Å². The maximum atomic E-state index is 12.5. The van der Waals surface area contributed by atoms with Crippen molar-refractivity contribution in [3.8, 4) is 11.1 Å². The van der Waals surface area contributed by atoms with Crippen LogP contribution in [-0.2, 0) is 0 Å². The maximum Gasteiger partial charge on any atom is 0.266 e. The van der Waals surface area contributed by atoms with E-state index in [0.717, 1.165) is 33.1 Å². The van der Waals surface area contributed by atoms with Crippen LogP contribution in [0.1, 0.15) is 29.5 Å². The third-order valence-corrected chi connectivity index (χ3v) is 6.42. The molecule has 0 fully saturated rings. The molecule has 0 radical (unpaired) electrons. The number of hydrogen-bond acceptors (Lipinski definition) is 3. The first kappa shape index (κ1) is 18.9. The van der Waals surface area contributed by atoms with Crippen molar-refractivity contribution in [3.05, 3.63) is 68.8 Å². The number of fused-ring (bicyclic) bond motifs is 3. The van der Waals surface area contributed by atoms with Crippen molar-refractivity contribution in [3.63, 3.8) is 0 Å². The Labute approximate surface area is 169 Å². The molecule has 4 rings (SSSR count). The molecule has 1 atom stereocenters. The summed E-state index contributed by atoms with van der Waals surface area (Å²) in [6.07, 6.45) is 0. The average molecular weight is 391 g/mol. The molecule has 1 N–H and O–H groups in total. The first-order chi connectivity index (χ1) is 13.4. The zero-order chi connectivity index (χ0) is 20.0. The largest absolute Gasteiger partial charge is 0.320 e. The molecule has 0 aliphatic rings. The van der Waals surface area contributed by atoms with E-state index in [-0.39, 0.29) is 5.56 Å². The van der Waals surface area contributed by atoms with Crippen LogP contribution in [0.15, 0.2) is 46.6 Å². The van der Waals surface area contributed by atoms with Gasteiger partial charge in [-0.2, -0.15) is 0 Å². The molecule has 0 aliphatic heterocycles. The number of nitrogens with one attached hydrogen (secondary N) is 1. The molecule has 4 aromatic rings. The summed E-state index contributed by atoms with van der Waals surface area (Å²) in [5.74, 6) is 0.486. The fraction of sp³-hybridized carbons (Fsp3) is 0.292. The number of likely N-dealkylation sites (N-methyl/N-ethyl adjacent to an activating group) is 1. The van der Waals surface area contributed by atoms with Gasteiger partial charge in [-0.15, -0.1) is 11.3 Å². The second kappa shape index (κ2) is 7.19. The third kappa shape index (κ3) is 3.17. The maximum absolute atomic E-state index is 12.5. The Morgan fingerprint density at radius 3 is 2.46 bits per heavy atom.